The Morgan fingerprint density at radius 1 is 1.11 bits per heavy atom. The molecule has 1 amide bonds. The summed E-state index contributed by atoms with van der Waals surface area (Å²) in [5, 5.41) is 2.34. The number of anilines is 1. The second kappa shape index (κ2) is 7.88. The van der Waals surface area contributed by atoms with Crippen molar-refractivity contribution >= 4 is 21.6 Å². The van der Waals surface area contributed by atoms with Gasteiger partial charge in [0.15, 0.2) is 0 Å². The highest BCUT2D eigenvalue weighted by Crippen LogP contribution is 2.35. The summed E-state index contributed by atoms with van der Waals surface area (Å²) in [5.41, 5.74) is -1.22. The number of aromatic nitrogens is 1. The number of halogens is 3. The van der Waals surface area contributed by atoms with Crippen LogP contribution >= 0.6 is 0 Å². The van der Waals surface area contributed by atoms with Gasteiger partial charge in [0.05, 0.1) is 11.3 Å². The van der Waals surface area contributed by atoms with Gasteiger partial charge in [0.2, 0.25) is 15.9 Å². The lowest BCUT2D eigenvalue weighted by molar-refractivity contribution is -0.137. The number of amides is 1. The first-order chi connectivity index (χ1) is 13.2. The Morgan fingerprint density at radius 2 is 1.79 bits per heavy atom. The molecule has 1 fully saturated rings. The number of pyridine rings is 1. The van der Waals surface area contributed by atoms with E-state index in [1.165, 1.54) is 47.0 Å². The number of carbonyl (C=O) groups excluding carboxylic acids is 1. The van der Waals surface area contributed by atoms with Crippen molar-refractivity contribution in [2.24, 2.45) is 5.92 Å². The molecule has 1 aliphatic rings. The predicted octanol–water partition coefficient (Wildman–Crippen LogP) is 3.14. The SMILES string of the molecule is O=C(Nc1ccccc1C(F)(F)F)C1CCN(S(=O)(=O)c2cccnc2)CC1. The molecule has 1 aliphatic heterocycles. The summed E-state index contributed by atoms with van der Waals surface area (Å²) in [5.74, 6) is -1.11. The van der Waals surface area contributed by atoms with E-state index in [0.29, 0.717) is 0 Å². The van der Waals surface area contributed by atoms with Crippen molar-refractivity contribution in [1.29, 1.82) is 0 Å². The lowest BCUT2D eigenvalue weighted by atomic mass is 9.97. The summed E-state index contributed by atoms with van der Waals surface area (Å²) in [6.45, 7) is 0.215. The third kappa shape index (κ3) is 4.33. The molecule has 10 heteroatoms. The minimum atomic E-state index is -4.58. The number of piperidine rings is 1. The van der Waals surface area contributed by atoms with E-state index in [4.69, 9.17) is 0 Å². The molecule has 0 saturated carbocycles. The fourth-order valence-electron chi connectivity index (χ4n) is 3.08. The van der Waals surface area contributed by atoms with Crippen molar-refractivity contribution < 1.29 is 26.4 Å². The predicted molar refractivity (Wildman–Crippen MR) is 95.8 cm³/mol. The number of sulfonamides is 1. The number of rotatable bonds is 4. The van der Waals surface area contributed by atoms with Gasteiger partial charge in [0, 0.05) is 31.4 Å². The van der Waals surface area contributed by atoms with Crippen LogP contribution in [0, 0.1) is 5.92 Å². The summed E-state index contributed by atoms with van der Waals surface area (Å²) in [6.07, 6.45) is -1.42. The lowest BCUT2D eigenvalue weighted by Crippen LogP contribution is -2.41. The van der Waals surface area contributed by atoms with Crippen LogP contribution in [-0.2, 0) is 21.0 Å². The minimum Gasteiger partial charge on any atom is -0.325 e. The second-order valence-electron chi connectivity index (χ2n) is 6.40. The third-order valence-corrected chi connectivity index (χ3v) is 6.47. The Balaban J connectivity index is 1.65. The van der Waals surface area contributed by atoms with Crippen LogP contribution in [0.3, 0.4) is 0 Å². The summed E-state index contributed by atoms with van der Waals surface area (Å²) >= 11 is 0. The molecule has 0 unspecified atom stereocenters. The van der Waals surface area contributed by atoms with Crippen molar-refractivity contribution in [2.45, 2.75) is 23.9 Å². The molecule has 150 valence electrons. The molecule has 3 rings (SSSR count). The van der Waals surface area contributed by atoms with Crippen molar-refractivity contribution in [3.63, 3.8) is 0 Å². The number of carbonyl (C=O) groups is 1. The zero-order chi connectivity index (χ0) is 20.4. The number of nitrogens with zero attached hydrogens (tertiary/aromatic N) is 2. The molecule has 1 aromatic heterocycles. The van der Waals surface area contributed by atoms with E-state index in [1.807, 2.05) is 0 Å². The highest BCUT2D eigenvalue weighted by molar-refractivity contribution is 7.89. The van der Waals surface area contributed by atoms with Gasteiger partial charge < -0.3 is 5.32 Å². The number of alkyl halides is 3. The summed E-state index contributed by atoms with van der Waals surface area (Å²) in [4.78, 5) is 16.3. The van der Waals surface area contributed by atoms with Gasteiger partial charge in [-0.3, -0.25) is 9.78 Å². The number of nitrogens with one attached hydrogen (secondary N) is 1. The lowest BCUT2D eigenvalue weighted by Gasteiger charge is -2.30. The molecule has 1 saturated heterocycles. The molecule has 0 bridgehead atoms. The molecule has 0 spiro atoms. The normalized spacial score (nSPS) is 16.7. The van der Waals surface area contributed by atoms with Gasteiger partial charge in [0.25, 0.3) is 0 Å². The van der Waals surface area contributed by atoms with E-state index < -0.39 is 33.6 Å². The Bertz CT molecular complexity index is 941. The Kier molecular flexibility index (Phi) is 5.71. The van der Waals surface area contributed by atoms with Crippen molar-refractivity contribution in [1.82, 2.24) is 9.29 Å². The molecule has 0 atom stereocenters. The van der Waals surface area contributed by atoms with E-state index in [0.717, 1.165) is 6.07 Å². The number of benzene rings is 1. The van der Waals surface area contributed by atoms with Crippen molar-refractivity contribution in [3.8, 4) is 0 Å². The monoisotopic (exact) mass is 413 g/mol. The highest BCUT2D eigenvalue weighted by atomic mass is 32.2. The first-order valence-electron chi connectivity index (χ1n) is 8.57. The van der Waals surface area contributed by atoms with Crippen LogP contribution in [0.4, 0.5) is 18.9 Å². The van der Waals surface area contributed by atoms with Gasteiger partial charge in [0.1, 0.15) is 4.90 Å². The van der Waals surface area contributed by atoms with Crippen molar-refractivity contribution in [2.75, 3.05) is 18.4 Å². The highest BCUT2D eigenvalue weighted by Gasteiger charge is 2.35. The van der Waals surface area contributed by atoms with E-state index in [9.17, 15) is 26.4 Å². The molecule has 6 nitrogen and oxygen atoms in total. The van der Waals surface area contributed by atoms with Gasteiger partial charge in [-0.05, 0) is 37.1 Å². The van der Waals surface area contributed by atoms with E-state index in [2.05, 4.69) is 10.3 Å². The zero-order valence-electron chi connectivity index (χ0n) is 14.7. The van der Waals surface area contributed by atoms with Crippen LogP contribution in [0.2, 0.25) is 0 Å². The molecular formula is C18H18F3N3O3S. The summed E-state index contributed by atoms with van der Waals surface area (Å²) in [6, 6.07) is 7.72. The molecule has 1 aromatic carbocycles. The molecular weight excluding hydrogens is 395 g/mol. The van der Waals surface area contributed by atoms with E-state index in [-0.39, 0.29) is 36.5 Å². The van der Waals surface area contributed by atoms with Crippen LogP contribution < -0.4 is 5.32 Å². The standard InChI is InChI=1S/C18H18F3N3O3S/c19-18(20,21)15-5-1-2-6-16(15)23-17(25)13-7-10-24(11-8-13)28(26,27)14-4-3-9-22-12-14/h1-6,9,12-13H,7-8,10-11H2,(H,23,25). The van der Waals surface area contributed by atoms with Crippen LogP contribution in [0.1, 0.15) is 18.4 Å². The maximum absolute atomic E-state index is 13.1. The van der Waals surface area contributed by atoms with Gasteiger partial charge in [-0.25, -0.2) is 8.42 Å². The van der Waals surface area contributed by atoms with Crippen molar-refractivity contribution in [3.05, 3.63) is 54.4 Å². The Hall–Kier alpha value is -2.46. The smallest absolute Gasteiger partial charge is 0.325 e. The molecule has 2 aromatic rings. The summed E-state index contributed by atoms with van der Waals surface area (Å²) in [7, 11) is -3.71. The third-order valence-electron chi connectivity index (χ3n) is 4.59. The fraction of sp³-hybridized carbons (Fsp3) is 0.333. The summed E-state index contributed by atoms with van der Waals surface area (Å²) < 4.78 is 65.6. The Labute approximate surface area is 160 Å². The first kappa shape index (κ1) is 20.3. The maximum Gasteiger partial charge on any atom is 0.418 e. The fourth-order valence-corrected chi connectivity index (χ4v) is 4.52. The van der Waals surface area contributed by atoms with Gasteiger partial charge in [-0.1, -0.05) is 12.1 Å². The number of para-hydroxylation sites is 1. The Morgan fingerprint density at radius 3 is 2.39 bits per heavy atom. The maximum atomic E-state index is 13.1. The number of hydrogen-bond donors (Lipinski definition) is 1. The average Bonchev–Trinajstić information content (AvgIpc) is 2.68. The topological polar surface area (TPSA) is 79.4 Å². The zero-order valence-corrected chi connectivity index (χ0v) is 15.5. The number of hydrogen-bond acceptors (Lipinski definition) is 4. The van der Waals surface area contributed by atoms with Gasteiger partial charge in [-0.15, -0.1) is 0 Å². The largest absolute Gasteiger partial charge is 0.418 e. The van der Waals surface area contributed by atoms with Crippen LogP contribution in [0.25, 0.3) is 0 Å². The second-order valence-corrected chi connectivity index (χ2v) is 8.34. The molecule has 28 heavy (non-hydrogen) atoms. The van der Waals surface area contributed by atoms with E-state index in [1.54, 1.807) is 0 Å². The molecule has 0 aliphatic carbocycles. The van der Waals surface area contributed by atoms with Crippen LogP contribution in [0.5, 0.6) is 0 Å². The first-order valence-corrected chi connectivity index (χ1v) is 10.0. The molecule has 1 N–H and O–H groups in total. The van der Waals surface area contributed by atoms with Gasteiger partial charge in [-0.2, -0.15) is 17.5 Å². The van der Waals surface area contributed by atoms with Gasteiger partial charge >= 0.3 is 6.18 Å². The molecule has 0 radical (unpaired) electrons. The minimum absolute atomic E-state index is 0.0667. The quantitative estimate of drug-likeness (QED) is 0.835. The average molecular weight is 413 g/mol. The van der Waals surface area contributed by atoms with Crippen LogP contribution in [-0.4, -0.2) is 36.7 Å². The van der Waals surface area contributed by atoms with E-state index >= 15 is 0 Å². The molecule has 2 heterocycles. The van der Waals surface area contributed by atoms with Crippen LogP contribution in [0.15, 0.2) is 53.7 Å².